The highest BCUT2D eigenvalue weighted by molar-refractivity contribution is 6.31. The number of hydrogen-bond donors (Lipinski definition) is 1. The minimum Gasteiger partial charge on any atom is -0.306 e. The summed E-state index contributed by atoms with van der Waals surface area (Å²) >= 11 is 6.31. The second kappa shape index (κ2) is 6.59. The molecule has 1 N–H and O–H groups in total. The molecule has 2 nitrogen and oxygen atoms in total. The number of rotatable bonds is 4. The molecule has 0 spiro atoms. The van der Waals surface area contributed by atoms with Crippen molar-refractivity contribution in [2.24, 2.45) is 0 Å². The first kappa shape index (κ1) is 16.0. The Kier molecular flexibility index (Phi) is 5.02. The number of nitrogens with one attached hydrogen (secondary N) is 1. The van der Waals surface area contributed by atoms with Crippen LogP contribution in [0, 0.1) is 0 Å². The van der Waals surface area contributed by atoms with Gasteiger partial charge in [-0.15, -0.1) is 0 Å². The molecule has 2 aromatic rings. The van der Waals surface area contributed by atoms with Crippen LogP contribution in [0.1, 0.15) is 50.4 Å². The summed E-state index contributed by atoms with van der Waals surface area (Å²) in [6, 6.07) is 10.9. The highest BCUT2D eigenvalue weighted by atomic mass is 35.5. The molecule has 0 bridgehead atoms. The summed E-state index contributed by atoms with van der Waals surface area (Å²) in [6.45, 7) is 9.66. The van der Waals surface area contributed by atoms with Gasteiger partial charge in [0.15, 0.2) is 0 Å². The van der Waals surface area contributed by atoms with Crippen molar-refractivity contribution in [1.82, 2.24) is 10.3 Å². The summed E-state index contributed by atoms with van der Waals surface area (Å²) in [6.07, 6.45) is 3.49. The van der Waals surface area contributed by atoms with E-state index in [0.717, 1.165) is 12.1 Å². The van der Waals surface area contributed by atoms with E-state index in [1.165, 1.54) is 11.1 Å². The standard InChI is InChI=1S/C18H23ClN2/c1-5-21-17(15-10-11-20-12-16(15)19)13-6-8-14(9-7-13)18(2,3)4/h6-12,17,21H,5H2,1-4H3. The van der Waals surface area contributed by atoms with E-state index in [9.17, 15) is 0 Å². The lowest BCUT2D eigenvalue weighted by atomic mass is 9.86. The Morgan fingerprint density at radius 2 is 1.81 bits per heavy atom. The Morgan fingerprint density at radius 3 is 2.33 bits per heavy atom. The molecule has 0 saturated carbocycles. The Balaban J connectivity index is 2.37. The van der Waals surface area contributed by atoms with Crippen LogP contribution >= 0.6 is 11.6 Å². The molecule has 112 valence electrons. The van der Waals surface area contributed by atoms with Gasteiger partial charge in [-0.2, -0.15) is 0 Å². The van der Waals surface area contributed by atoms with Crippen LogP contribution in [0.2, 0.25) is 5.02 Å². The summed E-state index contributed by atoms with van der Waals surface area (Å²) in [5, 5.41) is 4.20. The first-order chi connectivity index (χ1) is 9.93. The summed E-state index contributed by atoms with van der Waals surface area (Å²) in [4.78, 5) is 4.07. The summed E-state index contributed by atoms with van der Waals surface area (Å²) in [5.41, 5.74) is 3.79. The molecule has 0 aliphatic heterocycles. The molecule has 1 unspecified atom stereocenters. The van der Waals surface area contributed by atoms with Crippen LogP contribution in [0.15, 0.2) is 42.7 Å². The van der Waals surface area contributed by atoms with Crippen LogP contribution in [0.25, 0.3) is 0 Å². The first-order valence-electron chi connectivity index (χ1n) is 7.36. The minimum absolute atomic E-state index is 0.0968. The molecular formula is C18H23ClN2. The Hall–Kier alpha value is -1.38. The van der Waals surface area contributed by atoms with E-state index >= 15 is 0 Å². The topological polar surface area (TPSA) is 24.9 Å². The van der Waals surface area contributed by atoms with Gasteiger partial charge in [-0.05, 0) is 34.7 Å². The smallest absolute Gasteiger partial charge is 0.0640 e. The van der Waals surface area contributed by atoms with Gasteiger partial charge in [0.2, 0.25) is 0 Å². The van der Waals surface area contributed by atoms with E-state index in [0.29, 0.717) is 5.02 Å². The van der Waals surface area contributed by atoms with E-state index in [-0.39, 0.29) is 11.5 Å². The zero-order valence-electron chi connectivity index (χ0n) is 13.2. The maximum Gasteiger partial charge on any atom is 0.0640 e. The van der Waals surface area contributed by atoms with Gasteiger partial charge in [-0.3, -0.25) is 4.98 Å². The third-order valence-electron chi connectivity index (χ3n) is 3.63. The fourth-order valence-corrected chi connectivity index (χ4v) is 2.64. The number of pyridine rings is 1. The van der Waals surface area contributed by atoms with Gasteiger partial charge in [0.25, 0.3) is 0 Å². The molecule has 21 heavy (non-hydrogen) atoms. The number of nitrogens with zero attached hydrogens (tertiary/aromatic N) is 1. The van der Waals surface area contributed by atoms with Gasteiger partial charge in [0, 0.05) is 12.4 Å². The molecule has 0 fully saturated rings. The van der Waals surface area contributed by atoms with E-state index in [4.69, 9.17) is 11.6 Å². The summed E-state index contributed by atoms with van der Waals surface area (Å²) in [7, 11) is 0. The van der Waals surface area contributed by atoms with E-state index in [1.54, 1.807) is 12.4 Å². The molecule has 1 heterocycles. The zero-order valence-corrected chi connectivity index (χ0v) is 13.9. The maximum atomic E-state index is 6.31. The van der Waals surface area contributed by atoms with Gasteiger partial charge in [0.1, 0.15) is 0 Å². The van der Waals surface area contributed by atoms with Crippen molar-refractivity contribution in [3.8, 4) is 0 Å². The van der Waals surface area contributed by atoms with Gasteiger partial charge in [-0.1, -0.05) is 63.6 Å². The van der Waals surface area contributed by atoms with Crippen molar-refractivity contribution in [3.63, 3.8) is 0 Å². The van der Waals surface area contributed by atoms with Crippen molar-refractivity contribution < 1.29 is 0 Å². The van der Waals surface area contributed by atoms with Crippen molar-refractivity contribution in [2.75, 3.05) is 6.54 Å². The molecule has 1 aromatic carbocycles. The third kappa shape index (κ3) is 3.84. The lowest BCUT2D eigenvalue weighted by Gasteiger charge is -2.23. The quantitative estimate of drug-likeness (QED) is 0.883. The van der Waals surface area contributed by atoms with Crippen LogP contribution in [0.3, 0.4) is 0 Å². The first-order valence-corrected chi connectivity index (χ1v) is 7.74. The van der Waals surface area contributed by atoms with Gasteiger partial charge >= 0.3 is 0 Å². The van der Waals surface area contributed by atoms with Crippen LogP contribution in [-0.4, -0.2) is 11.5 Å². The molecule has 1 atom stereocenters. The van der Waals surface area contributed by atoms with Crippen molar-refractivity contribution in [1.29, 1.82) is 0 Å². The monoisotopic (exact) mass is 302 g/mol. The molecule has 0 amide bonds. The zero-order chi connectivity index (χ0) is 15.5. The molecule has 0 saturated heterocycles. The predicted octanol–water partition coefficient (Wildman–Crippen LogP) is 4.73. The molecule has 3 heteroatoms. The molecule has 2 rings (SSSR count). The van der Waals surface area contributed by atoms with E-state index < -0.39 is 0 Å². The lowest BCUT2D eigenvalue weighted by Crippen LogP contribution is -2.22. The second-order valence-electron chi connectivity index (χ2n) is 6.26. The fraction of sp³-hybridized carbons (Fsp3) is 0.389. The normalized spacial score (nSPS) is 13.2. The van der Waals surface area contributed by atoms with Gasteiger partial charge in [0.05, 0.1) is 11.1 Å². The van der Waals surface area contributed by atoms with Crippen LogP contribution < -0.4 is 5.32 Å². The Bertz CT molecular complexity index is 585. The fourth-order valence-electron chi connectivity index (χ4n) is 2.41. The Labute approximate surface area is 132 Å². The summed E-state index contributed by atoms with van der Waals surface area (Å²) < 4.78 is 0. The number of halogens is 1. The van der Waals surface area contributed by atoms with E-state index in [1.807, 2.05) is 6.07 Å². The molecule has 1 aromatic heterocycles. The SMILES string of the molecule is CCNC(c1ccc(C(C)(C)C)cc1)c1ccncc1Cl. The maximum absolute atomic E-state index is 6.31. The largest absolute Gasteiger partial charge is 0.306 e. The second-order valence-corrected chi connectivity index (χ2v) is 6.67. The average Bonchev–Trinajstić information content (AvgIpc) is 2.45. The molecule has 0 radical (unpaired) electrons. The lowest BCUT2D eigenvalue weighted by molar-refractivity contribution is 0.587. The number of benzene rings is 1. The molecule has 0 aliphatic carbocycles. The van der Waals surface area contributed by atoms with Crippen molar-refractivity contribution in [3.05, 3.63) is 64.4 Å². The molecule has 0 aliphatic rings. The molecular weight excluding hydrogens is 280 g/mol. The van der Waals surface area contributed by atoms with E-state index in [2.05, 4.69) is 62.3 Å². The third-order valence-corrected chi connectivity index (χ3v) is 3.95. The van der Waals surface area contributed by atoms with Gasteiger partial charge < -0.3 is 5.32 Å². The average molecular weight is 303 g/mol. The predicted molar refractivity (Wildman–Crippen MR) is 89.9 cm³/mol. The highest BCUT2D eigenvalue weighted by Crippen LogP contribution is 2.29. The number of aromatic nitrogens is 1. The summed E-state index contributed by atoms with van der Waals surface area (Å²) in [5.74, 6) is 0. The minimum atomic E-state index is 0.0968. The van der Waals surface area contributed by atoms with Crippen LogP contribution in [0.4, 0.5) is 0 Å². The number of hydrogen-bond acceptors (Lipinski definition) is 2. The van der Waals surface area contributed by atoms with Gasteiger partial charge in [-0.25, -0.2) is 0 Å². The van der Waals surface area contributed by atoms with Crippen LogP contribution in [-0.2, 0) is 5.41 Å². The van der Waals surface area contributed by atoms with Crippen molar-refractivity contribution >= 4 is 11.6 Å². The highest BCUT2D eigenvalue weighted by Gasteiger charge is 2.18. The Morgan fingerprint density at radius 1 is 1.14 bits per heavy atom. The van der Waals surface area contributed by atoms with Crippen molar-refractivity contribution in [2.45, 2.75) is 39.2 Å². The van der Waals surface area contributed by atoms with Crippen LogP contribution in [0.5, 0.6) is 0 Å².